The number of furan rings is 1. The van der Waals surface area contributed by atoms with Crippen LogP contribution in [-0.2, 0) is 0 Å². The minimum absolute atomic E-state index is 0.0794. The maximum absolute atomic E-state index is 12.5. The van der Waals surface area contributed by atoms with E-state index in [0.29, 0.717) is 17.2 Å². The summed E-state index contributed by atoms with van der Waals surface area (Å²) in [4.78, 5) is 12.5. The van der Waals surface area contributed by atoms with Crippen LogP contribution in [0.5, 0.6) is 5.75 Å². The fourth-order valence-corrected chi connectivity index (χ4v) is 3.03. The first kappa shape index (κ1) is 14.2. The molecule has 0 bridgehead atoms. The smallest absolute Gasteiger partial charge is 0.287 e. The first-order valence-corrected chi connectivity index (χ1v) is 7.80. The van der Waals surface area contributed by atoms with Crippen molar-refractivity contribution in [3.63, 3.8) is 0 Å². The predicted octanol–water partition coefficient (Wildman–Crippen LogP) is 4.34. The number of nitrogens with one attached hydrogen (secondary N) is 1. The predicted molar refractivity (Wildman–Crippen MR) is 88.0 cm³/mol. The SMILES string of the molecule is O=C(N[C@H]1CCOc2ccccc21)c1cc2cc(Cl)ccc2o1. The molecule has 0 saturated carbocycles. The van der Waals surface area contributed by atoms with E-state index < -0.39 is 0 Å². The van der Waals surface area contributed by atoms with Crippen molar-refractivity contribution >= 4 is 28.5 Å². The van der Waals surface area contributed by atoms with Gasteiger partial charge in [0, 0.05) is 22.4 Å². The Morgan fingerprint density at radius 2 is 2.04 bits per heavy atom. The average Bonchev–Trinajstić information content (AvgIpc) is 2.98. The molecule has 1 aliphatic rings. The monoisotopic (exact) mass is 327 g/mol. The molecule has 116 valence electrons. The van der Waals surface area contributed by atoms with Gasteiger partial charge < -0.3 is 14.5 Å². The van der Waals surface area contributed by atoms with Gasteiger partial charge in [0.2, 0.25) is 0 Å². The van der Waals surface area contributed by atoms with Crippen LogP contribution in [0.1, 0.15) is 28.6 Å². The van der Waals surface area contributed by atoms with Gasteiger partial charge in [-0.1, -0.05) is 29.8 Å². The van der Waals surface area contributed by atoms with Crippen LogP contribution in [0.15, 0.2) is 52.9 Å². The van der Waals surface area contributed by atoms with Crippen LogP contribution in [0.3, 0.4) is 0 Å². The zero-order valence-electron chi connectivity index (χ0n) is 12.2. The van der Waals surface area contributed by atoms with Crippen molar-refractivity contribution in [2.24, 2.45) is 0 Å². The molecule has 0 radical (unpaired) electrons. The first-order valence-electron chi connectivity index (χ1n) is 7.42. The van der Waals surface area contributed by atoms with E-state index in [0.717, 1.165) is 23.1 Å². The lowest BCUT2D eigenvalue weighted by molar-refractivity contribution is 0.0899. The summed E-state index contributed by atoms with van der Waals surface area (Å²) in [6.07, 6.45) is 0.731. The normalized spacial score (nSPS) is 16.7. The lowest BCUT2D eigenvalue weighted by atomic mass is 10.0. The summed E-state index contributed by atoms with van der Waals surface area (Å²) >= 11 is 5.96. The molecule has 1 atom stereocenters. The van der Waals surface area contributed by atoms with E-state index in [4.69, 9.17) is 20.8 Å². The number of ether oxygens (including phenoxy) is 1. The highest BCUT2D eigenvalue weighted by Gasteiger charge is 2.24. The van der Waals surface area contributed by atoms with Gasteiger partial charge in [-0.2, -0.15) is 0 Å². The highest BCUT2D eigenvalue weighted by molar-refractivity contribution is 6.31. The number of amides is 1. The maximum atomic E-state index is 12.5. The molecule has 1 aromatic heterocycles. The van der Waals surface area contributed by atoms with Crippen molar-refractivity contribution in [2.45, 2.75) is 12.5 Å². The minimum Gasteiger partial charge on any atom is -0.493 e. The summed E-state index contributed by atoms with van der Waals surface area (Å²) in [5, 5.41) is 4.45. The number of carbonyl (C=O) groups is 1. The number of carbonyl (C=O) groups excluding carboxylic acids is 1. The first-order chi connectivity index (χ1) is 11.2. The quantitative estimate of drug-likeness (QED) is 0.761. The highest BCUT2D eigenvalue weighted by Crippen LogP contribution is 2.32. The van der Waals surface area contributed by atoms with Gasteiger partial charge >= 0.3 is 0 Å². The van der Waals surface area contributed by atoms with Gasteiger partial charge in [-0.05, 0) is 30.3 Å². The van der Waals surface area contributed by atoms with Gasteiger partial charge in [-0.3, -0.25) is 4.79 Å². The lowest BCUT2D eigenvalue weighted by Crippen LogP contribution is -2.31. The molecular weight excluding hydrogens is 314 g/mol. The zero-order valence-corrected chi connectivity index (χ0v) is 13.0. The molecule has 0 saturated heterocycles. The van der Waals surface area contributed by atoms with Gasteiger partial charge in [0.05, 0.1) is 12.6 Å². The van der Waals surface area contributed by atoms with Crippen LogP contribution >= 0.6 is 11.6 Å². The molecule has 0 fully saturated rings. The molecule has 0 spiro atoms. The molecule has 1 amide bonds. The van der Waals surface area contributed by atoms with Crippen LogP contribution < -0.4 is 10.1 Å². The van der Waals surface area contributed by atoms with Gasteiger partial charge in [0.1, 0.15) is 11.3 Å². The minimum atomic E-state index is -0.237. The van der Waals surface area contributed by atoms with E-state index in [1.807, 2.05) is 24.3 Å². The highest BCUT2D eigenvalue weighted by atomic mass is 35.5. The van der Waals surface area contributed by atoms with Crippen LogP contribution in [0, 0.1) is 0 Å². The molecule has 0 unspecified atom stereocenters. The Kier molecular flexibility index (Phi) is 3.46. The Labute approximate surface area is 138 Å². The molecule has 1 aliphatic heterocycles. The molecule has 1 N–H and O–H groups in total. The summed E-state index contributed by atoms with van der Waals surface area (Å²) < 4.78 is 11.2. The number of hydrogen-bond donors (Lipinski definition) is 1. The fraction of sp³-hybridized carbons (Fsp3) is 0.167. The molecule has 4 nitrogen and oxygen atoms in total. The van der Waals surface area contributed by atoms with E-state index in [-0.39, 0.29) is 17.7 Å². The molecule has 2 heterocycles. The Morgan fingerprint density at radius 3 is 2.96 bits per heavy atom. The summed E-state index contributed by atoms with van der Waals surface area (Å²) in [6, 6.07) is 14.7. The van der Waals surface area contributed by atoms with Crippen molar-refractivity contribution in [1.29, 1.82) is 0 Å². The third-order valence-corrected chi connectivity index (χ3v) is 4.20. The summed E-state index contributed by atoms with van der Waals surface area (Å²) in [6.45, 7) is 0.581. The molecular formula is C18H14ClNO3. The topological polar surface area (TPSA) is 51.5 Å². The Bertz CT molecular complexity index is 887. The number of hydrogen-bond acceptors (Lipinski definition) is 3. The number of fused-ring (bicyclic) bond motifs is 2. The zero-order chi connectivity index (χ0) is 15.8. The van der Waals surface area contributed by atoms with E-state index in [1.54, 1.807) is 24.3 Å². The molecule has 2 aromatic carbocycles. The van der Waals surface area contributed by atoms with Crippen molar-refractivity contribution in [3.05, 3.63) is 64.9 Å². The van der Waals surface area contributed by atoms with E-state index >= 15 is 0 Å². The fourth-order valence-electron chi connectivity index (χ4n) is 2.85. The van der Waals surface area contributed by atoms with Gasteiger partial charge in [0.25, 0.3) is 5.91 Å². The molecule has 3 aromatic rings. The molecule has 4 rings (SSSR count). The largest absolute Gasteiger partial charge is 0.493 e. The number of rotatable bonds is 2. The van der Waals surface area contributed by atoms with Crippen molar-refractivity contribution in [2.75, 3.05) is 6.61 Å². The van der Waals surface area contributed by atoms with E-state index in [9.17, 15) is 4.79 Å². The number of para-hydroxylation sites is 1. The van der Waals surface area contributed by atoms with Crippen LogP contribution in [0.2, 0.25) is 5.02 Å². The number of halogens is 1. The Balaban J connectivity index is 1.60. The van der Waals surface area contributed by atoms with Crippen molar-refractivity contribution in [1.82, 2.24) is 5.32 Å². The Hall–Kier alpha value is -2.46. The maximum Gasteiger partial charge on any atom is 0.287 e. The Morgan fingerprint density at radius 1 is 1.17 bits per heavy atom. The second kappa shape index (κ2) is 5.63. The average molecular weight is 328 g/mol. The summed E-state index contributed by atoms with van der Waals surface area (Å²) in [5.41, 5.74) is 1.64. The van der Waals surface area contributed by atoms with Gasteiger partial charge in [-0.15, -0.1) is 0 Å². The van der Waals surface area contributed by atoms with Gasteiger partial charge in [-0.25, -0.2) is 0 Å². The third-order valence-electron chi connectivity index (χ3n) is 3.97. The summed E-state index contributed by atoms with van der Waals surface area (Å²) in [7, 11) is 0. The van der Waals surface area contributed by atoms with Crippen LogP contribution in [0.4, 0.5) is 0 Å². The summed E-state index contributed by atoms with van der Waals surface area (Å²) in [5.74, 6) is 0.866. The second-order valence-electron chi connectivity index (χ2n) is 5.49. The third kappa shape index (κ3) is 2.66. The standard InChI is InChI=1S/C18H14ClNO3/c19-12-5-6-15-11(9-12)10-17(23-15)18(21)20-14-7-8-22-16-4-2-1-3-13(14)16/h1-6,9-10,14H,7-8H2,(H,20,21)/t14-/m0/s1. The molecule has 0 aliphatic carbocycles. The van der Waals surface area contributed by atoms with Crippen molar-refractivity contribution < 1.29 is 13.9 Å². The lowest BCUT2D eigenvalue weighted by Gasteiger charge is -2.26. The van der Waals surface area contributed by atoms with E-state index in [1.165, 1.54) is 0 Å². The number of benzene rings is 2. The van der Waals surface area contributed by atoms with Crippen LogP contribution in [0.25, 0.3) is 11.0 Å². The van der Waals surface area contributed by atoms with E-state index in [2.05, 4.69) is 5.32 Å². The second-order valence-corrected chi connectivity index (χ2v) is 5.93. The van der Waals surface area contributed by atoms with Crippen LogP contribution in [-0.4, -0.2) is 12.5 Å². The molecule has 23 heavy (non-hydrogen) atoms. The van der Waals surface area contributed by atoms with Crippen molar-refractivity contribution in [3.8, 4) is 5.75 Å². The molecule has 5 heteroatoms. The van der Waals surface area contributed by atoms with Gasteiger partial charge in [0.15, 0.2) is 5.76 Å².